The maximum Gasteiger partial charge on any atom is 0.244 e. The molecule has 2 N–H and O–H groups in total. The van der Waals surface area contributed by atoms with Crippen LogP contribution in [0.4, 0.5) is 0 Å². The summed E-state index contributed by atoms with van der Waals surface area (Å²) in [7, 11) is -3.41. The first-order valence-electron chi connectivity index (χ1n) is 7.82. The highest BCUT2D eigenvalue weighted by molar-refractivity contribution is 7.89. The summed E-state index contributed by atoms with van der Waals surface area (Å²) in [6.07, 6.45) is 4.76. The van der Waals surface area contributed by atoms with E-state index in [1.54, 1.807) is 22.6 Å². The molecule has 0 spiro atoms. The van der Waals surface area contributed by atoms with E-state index < -0.39 is 10.0 Å². The molecule has 0 radical (unpaired) electrons. The molecule has 0 saturated carbocycles. The van der Waals surface area contributed by atoms with Crippen molar-refractivity contribution in [3.05, 3.63) is 24.5 Å². The Morgan fingerprint density at radius 3 is 2.64 bits per heavy atom. The van der Waals surface area contributed by atoms with Crippen LogP contribution in [0.1, 0.15) is 26.7 Å². The minimum Gasteiger partial charge on any atom is -0.263 e. The number of aromatic nitrogens is 1. The third kappa shape index (κ3) is 2.78. The van der Waals surface area contributed by atoms with E-state index in [2.05, 4.69) is 29.7 Å². The molecule has 2 unspecified atom stereocenters. The van der Waals surface area contributed by atoms with Crippen LogP contribution < -0.4 is 10.9 Å². The van der Waals surface area contributed by atoms with E-state index in [4.69, 9.17) is 0 Å². The van der Waals surface area contributed by atoms with Gasteiger partial charge in [-0.05, 0) is 36.3 Å². The Bertz CT molecular complexity index is 612. The number of sulfonamides is 1. The van der Waals surface area contributed by atoms with Crippen LogP contribution in [0.5, 0.6) is 0 Å². The summed E-state index contributed by atoms with van der Waals surface area (Å²) in [6, 6.07) is 3.67. The molecule has 0 aliphatic carbocycles. The van der Waals surface area contributed by atoms with Crippen LogP contribution in [-0.2, 0) is 10.0 Å². The maximum absolute atomic E-state index is 12.6. The van der Waals surface area contributed by atoms with Gasteiger partial charge >= 0.3 is 0 Å². The predicted molar refractivity (Wildman–Crippen MR) is 84.4 cm³/mol. The van der Waals surface area contributed by atoms with Gasteiger partial charge in [-0.2, -0.15) is 4.31 Å². The van der Waals surface area contributed by atoms with Crippen LogP contribution in [0.3, 0.4) is 0 Å². The Hall–Kier alpha value is -1.02. The van der Waals surface area contributed by atoms with Crippen molar-refractivity contribution in [1.29, 1.82) is 0 Å². The summed E-state index contributed by atoms with van der Waals surface area (Å²) in [5, 5.41) is 0. The molecule has 2 aliphatic heterocycles. The zero-order valence-electron chi connectivity index (χ0n) is 13.1. The summed E-state index contributed by atoms with van der Waals surface area (Å²) < 4.78 is 26.9. The van der Waals surface area contributed by atoms with E-state index >= 15 is 0 Å². The summed E-state index contributed by atoms with van der Waals surface area (Å²) in [6.45, 7) is 6.61. The van der Waals surface area contributed by atoms with Gasteiger partial charge in [0.25, 0.3) is 0 Å². The monoisotopic (exact) mass is 324 g/mol. The standard InChI is InChI=1S/C15H24N4O2S/c1-12-10-17-18-14(12)15(2)5-8-19(9-6-15)22(20,21)13-4-3-7-16-11-13/h3-4,7,11-12,14,17-18H,5-6,8-10H2,1-2H3. The molecule has 122 valence electrons. The topological polar surface area (TPSA) is 74.3 Å². The van der Waals surface area contributed by atoms with E-state index in [9.17, 15) is 8.42 Å². The van der Waals surface area contributed by atoms with Gasteiger partial charge in [0.1, 0.15) is 4.90 Å². The molecule has 0 aromatic carbocycles. The normalized spacial score (nSPS) is 29.5. The number of hydrazine groups is 1. The van der Waals surface area contributed by atoms with Gasteiger partial charge in [0.2, 0.25) is 10.0 Å². The molecule has 1 aromatic heterocycles. The van der Waals surface area contributed by atoms with Gasteiger partial charge < -0.3 is 0 Å². The second-order valence-corrected chi connectivity index (χ2v) is 8.66. The lowest BCUT2D eigenvalue weighted by Crippen LogP contribution is -2.51. The third-order valence-corrected chi connectivity index (χ3v) is 7.02. The van der Waals surface area contributed by atoms with Crippen molar-refractivity contribution >= 4 is 10.0 Å². The lowest BCUT2D eigenvalue weighted by Gasteiger charge is -2.43. The fraction of sp³-hybridized carbons (Fsp3) is 0.667. The van der Waals surface area contributed by atoms with Gasteiger partial charge in [0.05, 0.1) is 0 Å². The molecule has 3 rings (SSSR count). The Balaban J connectivity index is 1.72. The molecule has 1 aromatic rings. The fourth-order valence-corrected chi connectivity index (χ4v) is 5.05. The van der Waals surface area contributed by atoms with Crippen LogP contribution in [-0.4, -0.2) is 43.4 Å². The zero-order valence-corrected chi connectivity index (χ0v) is 13.9. The van der Waals surface area contributed by atoms with Crippen molar-refractivity contribution in [3.63, 3.8) is 0 Å². The highest BCUT2D eigenvalue weighted by atomic mass is 32.2. The molecule has 7 heteroatoms. The largest absolute Gasteiger partial charge is 0.263 e. The summed E-state index contributed by atoms with van der Waals surface area (Å²) >= 11 is 0. The molecule has 2 aliphatic rings. The van der Waals surface area contributed by atoms with Gasteiger partial charge in [0.15, 0.2) is 0 Å². The Labute approximate surface area is 132 Å². The molecule has 22 heavy (non-hydrogen) atoms. The molecule has 0 bridgehead atoms. The fourth-order valence-electron chi connectivity index (χ4n) is 3.65. The lowest BCUT2D eigenvalue weighted by molar-refractivity contribution is 0.110. The number of pyridine rings is 1. The average Bonchev–Trinajstić information content (AvgIpc) is 2.96. The number of hydrogen-bond donors (Lipinski definition) is 2. The average molecular weight is 324 g/mol. The SMILES string of the molecule is CC1CNNC1C1(C)CCN(S(=O)(=O)c2cccnc2)CC1. The van der Waals surface area contributed by atoms with Gasteiger partial charge in [-0.3, -0.25) is 15.8 Å². The van der Waals surface area contributed by atoms with E-state index in [1.807, 2.05) is 0 Å². The molecule has 2 atom stereocenters. The Morgan fingerprint density at radius 2 is 2.09 bits per heavy atom. The molecule has 3 heterocycles. The molecule has 2 fully saturated rings. The van der Waals surface area contributed by atoms with Crippen LogP contribution in [0.2, 0.25) is 0 Å². The molecule has 0 amide bonds. The number of piperidine rings is 1. The van der Waals surface area contributed by atoms with Gasteiger partial charge in [-0.1, -0.05) is 13.8 Å². The van der Waals surface area contributed by atoms with Crippen molar-refractivity contribution in [2.75, 3.05) is 19.6 Å². The first-order valence-corrected chi connectivity index (χ1v) is 9.26. The number of rotatable bonds is 3. The van der Waals surface area contributed by atoms with Gasteiger partial charge in [-0.25, -0.2) is 8.42 Å². The minimum atomic E-state index is -3.41. The second kappa shape index (κ2) is 5.88. The number of hydrogen-bond acceptors (Lipinski definition) is 5. The highest BCUT2D eigenvalue weighted by Crippen LogP contribution is 2.39. The van der Waals surface area contributed by atoms with E-state index in [1.165, 1.54) is 6.20 Å². The third-order valence-electron chi connectivity index (χ3n) is 5.14. The highest BCUT2D eigenvalue weighted by Gasteiger charge is 2.44. The smallest absolute Gasteiger partial charge is 0.244 e. The van der Waals surface area contributed by atoms with E-state index in [0.29, 0.717) is 25.0 Å². The zero-order chi connectivity index (χ0) is 15.8. The summed E-state index contributed by atoms with van der Waals surface area (Å²) in [5.41, 5.74) is 6.72. The summed E-state index contributed by atoms with van der Waals surface area (Å²) in [4.78, 5) is 4.21. The van der Waals surface area contributed by atoms with Crippen LogP contribution in [0, 0.1) is 11.3 Å². The molecule has 2 saturated heterocycles. The van der Waals surface area contributed by atoms with Crippen molar-refractivity contribution in [2.24, 2.45) is 11.3 Å². The molecule has 6 nitrogen and oxygen atoms in total. The van der Waals surface area contributed by atoms with E-state index in [-0.39, 0.29) is 10.3 Å². The van der Waals surface area contributed by atoms with Crippen LogP contribution >= 0.6 is 0 Å². The first kappa shape index (κ1) is 15.9. The Morgan fingerprint density at radius 1 is 1.36 bits per heavy atom. The first-order chi connectivity index (χ1) is 10.4. The molecular weight excluding hydrogens is 300 g/mol. The lowest BCUT2D eigenvalue weighted by atomic mass is 9.71. The maximum atomic E-state index is 12.6. The van der Waals surface area contributed by atoms with Crippen LogP contribution in [0.25, 0.3) is 0 Å². The second-order valence-electron chi connectivity index (χ2n) is 6.73. The van der Waals surface area contributed by atoms with Crippen molar-refractivity contribution in [1.82, 2.24) is 20.1 Å². The number of nitrogens with one attached hydrogen (secondary N) is 2. The Kier molecular flexibility index (Phi) is 4.24. The van der Waals surface area contributed by atoms with E-state index in [0.717, 1.165) is 19.4 Å². The van der Waals surface area contributed by atoms with Crippen LogP contribution in [0.15, 0.2) is 29.4 Å². The summed E-state index contributed by atoms with van der Waals surface area (Å²) in [5.74, 6) is 0.562. The van der Waals surface area contributed by atoms with Crippen molar-refractivity contribution < 1.29 is 8.42 Å². The quantitative estimate of drug-likeness (QED) is 0.867. The predicted octanol–water partition coefficient (Wildman–Crippen LogP) is 0.985. The van der Waals surface area contributed by atoms with Gasteiger partial charge in [-0.15, -0.1) is 0 Å². The van der Waals surface area contributed by atoms with Gasteiger partial charge in [0, 0.05) is 38.1 Å². The minimum absolute atomic E-state index is 0.129. The number of nitrogens with zero attached hydrogens (tertiary/aromatic N) is 2. The van der Waals surface area contributed by atoms with Crippen molar-refractivity contribution in [3.8, 4) is 0 Å². The van der Waals surface area contributed by atoms with Crippen molar-refractivity contribution in [2.45, 2.75) is 37.6 Å². The molecular formula is C15H24N4O2S.